The van der Waals surface area contributed by atoms with Gasteiger partial charge in [0.05, 0.1) is 11.5 Å². The Balaban J connectivity index is 2.02. The highest BCUT2D eigenvalue weighted by Gasteiger charge is 2.25. The highest BCUT2D eigenvalue weighted by Crippen LogP contribution is 2.31. The number of thiophene rings is 1. The van der Waals surface area contributed by atoms with Crippen molar-refractivity contribution in [1.82, 2.24) is 9.97 Å². The van der Waals surface area contributed by atoms with E-state index in [1.54, 1.807) is 18.4 Å². The van der Waals surface area contributed by atoms with Crippen LogP contribution in [-0.2, 0) is 4.74 Å². The predicted octanol–water partition coefficient (Wildman–Crippen LogP) is 2.57. The second-order valence-electron chi connectivity index (χ2n) is 4.05. The van der Waals surface area contributed by atoms with Crippen molar-refractivity contribution in [2.24, 2.45) is 0 Å². The average Bonchev–Trinajstić information content (AvgIpc) is 2.95. The summed E-state index contributed by atoms with van der Waals surface area (Å²) in [6.45, 7) is 1.82. The fourth-order valence-electron chi connectivity index (χ4n) is 2.17. The Morgan fingerprint density at radius 3 is 3.18 bits per heavy atom. The van der Waals surface area contributed by atoms with Gasteiger partial charge in [0.25, 0.3) is 0 Å². The molecule has 0 radical (unpaired) electrons. The smallest absolute Gasteiger partial charge is 0.225 e. The second kappa shape index (κ2) is 4.40. The topological polar surface area (TPSA) is 38.2 Å². The van der Waals surface area contributed by atoms with Crippen LogP contribution in [0.1, 0.15) is 6.42 Å². The minimum absolute atomic E-state index is 0.289. The Morgan fingerprint density at radius 2 is 2.41 bits per heavy atom. The van der Waals surface area contributed by atoms with Crippen molar-refractivity contribution >= 4 is 39.0 Å². The summed E-state index contributed by atoms with van der Waals surface area (Å²) in [7, 11) is 1.75. The van der Waals surface area contributed by atoms with Crippen LogP contribution in [0, 0.1) is 0 Å². The monoisotopic (exact) mass is 269 g/mol. The van der Waals surface area contributed by atoms with Gasteiger partial charge in [-0.3, -0.25) is 0 Å². The number of aromatic nitrogens is 2. The van der Waals surface area contributed by atoms with E-state index in [1.807, 2.05) is 11.4 Å². The standard InChI is InChI=1S/C11H12ClN3OS/c1-16-7-2-4-15(6-7)9-8-3-5-17-10(8)14-11(12)13-9/h3,5,7H,2,4,6H2,1H3. The summed E-state index contributed by atoms with van der Waals surface area (Å²) < 4.78 is 5.37. The zero-order valence-electron chi connectivity index (χ0n) is 9.39. The van der Waals surface area contributed by atoms with E-state index in [1.165, 1.54) is 0 Å². The van der Waals surface area contributed by atoms with Crippen molar-refractivity contribution < 1.29 is 4.74 Å². The summed E-state index contributed by atoms with van der Waals surface area (Å²) in [5.41, 5.74) is 0. The first kappa shape index (κ1) is 11.2. The number of hydrogen-bond acceptors (Lipinski definition) is 5. The van der Waals surface area contributed by atoms with Crippen molar-refractivity contribution in [1.29, 1.82) is 0 Å². The van der Waals surface area contributed by atoms with Gasteiger partial charge in [-0.05, 0) is 29.5 Å². The SMILES string of the molecule is COC1CCN(c2nc(Cl)nc3sccc23)C1. The lowest BCUT2D eigenvalue weighted by atomic mass is 10.3. The third-order valence-corrected chi connectivity index (χ3v) is 4.03. The average molecular weight is 270 g/mol. The molecule has 0 bridgehead atoms. The molecule has 0 aromatic carbocycles. The number of anilines is 1. The summed E-state index contributed by atoms with van der Waals surface area (Å²) in [6.07, 6.45) is 1.32. The van der Waals surface area contributed by atoms with Crippen molar-refractivity contribution in [3.63, 3.8) is 0 Å². The molecule has 3 rings (SSSR count). The molecule has 0 N–H and O–H groups in total. The molecule has 0 aliphatic carbocycles. The number of rotatable bonds is 2. The first-order chi connectivity index (χ1) is 8.28. The van der Waals surface area contributed by atoms with Crippen LogP contribution in [0.15, 0.2) is 11.4 Å². The lowest BCUT2D eigenvalue weighted by molar-refractivity contribution is 0.121. The largest absolute Gasteiger partial charge is 0.380 e. The molecular formula is C11H12ClN3OS. The van der Waals surface area contributed by atoms with Gasteiger partial charge in [0.2, 0.25) is 5.28 Å². The molecular weight excluding hydrogens is 258 g/mol. The van der Waals surface area contributed by atoms with E-state index in [0.717, 1.165) is 35.5 Å². The molecule has 17 heavy (non-hydrogen) atoms. The van der Waals surface area contributed by atoms with Crippen LogP contribution in [0.2, 0.25) is 5.28 Å². The highest BCUT2D eigenvalue weighted by molar-refractivity contribution is 7.16. The van der Waals surface area contributed by atoms with Gasteiger partial charge >= 0.3 is 0 Å². The second-order valence-corrected chi connectivity index (χ2v) is 5.28. The number of ether oxygens (including phenoxy) is 1. The van der Waals surface area contributed by atoms with Crippen LogP contribution in [0.25, 0.3) is 10.2 Å². The fraction of sp³-hybridized carbons (Fsp3) is 0.455. The molecule has 4 nitrogen and oxygen atoms in total. The van der Waals surface area contributed by atoms with Crippen LogP contribution in [-0.4, -0.2) is 36.3 Å². The summed E-state index contributed by atoms with van der Waals surface area (Å²) >= 11 is 7.54. The number of fused-ring (bicyclic) bond motifs is 1. The zero-order chi connectivity index (χ0) is 11.8. The maximum absolute atomic E-state index is 5.96. The van der Waals surface area contributed by atoms with Crippen LogP contribution >= 0.6 is 22.9 Å². The molecule has 0 spiro atoms. The molecule has 0 amide bonds. The van der Waals surface area contributed by atoms with Crippen molar-refractivity contribution in [2.45, 2.75) is 12.5 Å². The molecule has 6 heteroatoms. The Bertz CT molecular complexity index is 544. The molecule has 90 valence electrons. The number of nitrogens with zero attached hydrogens (tertiary/aromatic N) is 3. The van der Waals surface area contributed by atoms with Gasteiger partial charge in [0.15, 0.2) is 0 Å². The van der Waals surface area contributed by atoms with Gasteiger partial charge in [0, 0.05) is 20.2 Å². The summed E-state index contributed by atoms with van der Waals surface area (Å²) in [5, 5.41) is 3.41. The summed E-state index contributed by atoms with van der Waals surface area (Å²) in [6, 6.07) is 2.05. The van der Waals surface area contributed by atoms with Crippen LogP contribution in [0.5, 0.6) is 0 Å². The number of hydrogen-bond donors (Lipinski definition) is 0. The molecule has 2 aromatic rings. The predicted molar refractivity (Wildman–Crippen MR) is 70.1 cm³/mol. The molecule has 2 aromatic heterocycles. The molecule has 1 aliphatic rings. The van der Waals surface area contributed by atoms with E-state index in [0.29, 0.717) is 5.28 Å². The first-order valence-corrected chi connectivity index (χ1v) is 6.72. The zero-order valence-corrected chi connectivity index (χ0v) is 11.0. The Hall–Kier alpha value is -0.910. The van der Waals surface area contributed by atoms with Gasteiger partial charge in [-0.25, -0.2) is 4.98 Å². The van der Waals surface area contributed by atoms with Crippen molar-refractivity contribution in [3.8, 4) is 0 Å². The molecule has 1 atom stereocenters. The minimum Gasteiger partial charge on any atom is -0.380 e. The van der Waals surface area contributed by atoms with E-state index in [9.17, 15) is 0 Å². The summed E-state index contributed by atoms with van der Waals surface area (Å²) in [4.78, 5) is 11.7. The third-order valence-electron chi connectivity index (χ3n) is 3.06. The first-order valence-electron chi connectivity index (χ1n) is 5.46. The van der Waals surface area contributed by atoms with Gasteiger partial charge in [-0.15, -0.1) is 11.3 Å². The van der Waals surface area contributed by atoms with E-state index in [-0.39, 0.29) is 6.10 Å². The molecule has 1 unspecified atom stereocenters. The van der Waals surface area contributed by atoms with Crippen LogP contribution < -0.4 is 4.90 Å². The Kier molecular flexibility index (Phi) is 2.90. The lowest BCUT2D eigenvalue weighted by Gasteiger charge is -2.17. The van der Waals surface area contributed by atoms with E-state index in [2.05, 4.69) is 14.9 Å². The van der Waals surface area contributed by atoms with Gasteiger partial charge in [0.1, 0.15) is 10.6 Å². The summed E-state index contributed by atoms with van der Waals surface area (Å²) in [5.74, 6) is 0.931. The minimum atomic E-state index is 0.289. The van der Waals surface area contributed by atoms with Gasteiger partial charge in [-0.2, -0.15) is 4.98 Å². The molecule has 1 aliphatic heterocycles. The number of halogens is 1. The maximum atomic E-state index is 5.96. The molecule has 1 saturated heterocycles. The van der Waals surface area contributed by atoms with Crippen LogP contribution in [0.3, 0.4) is 0 Å². The van der Waals surface area contributed by atoms with Gasteiger partial charge in [-0.1, -0.05) is 0 Å². The third kappa shape index (κ3) is 1.99. The van der Waals surface area contributed by atoms with E-state index >= 15 is 0 Å². The maximum Gasteiger partial charge on any atom is 0.225 e. The van der Waals surface area contributed by atoms with E-state index < -0.39 is 0 Å². The lowest BCUT2D eigenvalue weighted by Crippen LogP contribution is -2.23. The van der Waals surface area contributed by atoms with Crippen molar-refractivity contribution in [3.05, 3.63) is 16.7 Å². The quantitative estimate of drug-likeness (QED) is 0.786. The Labute approximate surface area is 108 Å². The fourth-order valence-corrected chi connectivity index (χ4v) is 3.14. The Morgan fingerprint density at radius 1 is 1.53 bits per heavy atom. The number of methoxy groups -OCH3 is 1. The molecule has 1 fully saturated rings. The van der Waals surface area contributed by atoms with Crippen LogP contribution in [0.4, 0.5) is 5.82 Å². The highest BCUT2D eigenvalue weighted by atomic mass is 35.5. The molecule has 0 saturated carbocycles. The normalized spacial score (nSPS) is 20.4. The van der Waals surface area contributed by atoms with Gasteiger partial charge < -0.3 is 9.64 Å². The van der Waals surface area contributed by atoms with Crippen molar-refractivity contribution in [2.75, 3.05) is 25.1 Å². The van der Waals surface area contributed by atoms with E-state index in [4.69, 9.17) is 16.3 Å². The molecule has 3 heterocycles.